The topological polar surface area (TPSA) is 163 Å². The molecule has 2 fully saturated rings. The molecule has 2 aromatic rings. The summed E-state index contributed by atoms with van der Waals surface area (Å²) in [6.45, 7) is 3.53. The molecule has 6 unspecified atom stereocenters. The highest BCUT2D eigenvalue weighted by molar-refractivity contribution is 6.03. The van der Waals surface area contributed by atoms with Gasteiger partial charge in [0.25, 0.3) is 5.69 Å². The standard InChI is InChI=1S/C27H25NO10/c1-26-9-7-17-25(33)38-20(15-8-10-36-13-15)12-27(17,2)22(26)21(29)19(11-18(26)23(30)31)37-24(32)14-3-5-16(6-4-14)28(34)35/h3-6,8,10-11,13,17-18,20,22H,7,9,12H2,1-2H3,(H,30,31). The molecule has 0 radical (unpaired) electrons. The number of nitro benzene ring substituents is 1. The molecule has 11 nitrogen and oxygen atoms in total. The van der Waals surface area contributed by atoms with Crippen LogP contribution in [0.3, 0.4) is 0 Å². The van der Waals surface area contributed by atoms with Crippen LogP contribution in [0.2, 0.25) is 0 Å². The van der Waals surface area contributed by atoms with Gasteiger partial charge in [0.1, 0.15) is 6.10 Å². The Morgan fingerprint density at radius 1 is 1.13 bits per heavy atom. The minimum Gasteiger partial charge on any atom is -0.481 e. The number of hydrogen-bond donors (Lipinski definition) is 1. The molecule has 198 valence electrons. The summed E-state index contributed by atoms with van der Waals surface area (Å²) in [6.07, 6.45) is 4.29. The van der Waals surface area contributed by atoms with E-state index >= 15 is 0 Å². The largest absolute Gasteiger partial charge is 0.481 e. The van der Waals surface area contributed by atoms with Crippen molar-refractivity contribution < 1.29 is 43.1 Å². The normalized spacial score (nSPS) is 32.3. The monoisotopic (exact) mass is 523 g/mol. The summed E-state index contributed by atoms with van der Waals surface area (Å²) < 4.78 is 16.3. The summed E-state index contributed by atoms with van der Waals surface area (Å²) >= 11 is 0. The Labute approximate surface area is 216 Å². The SMILES string of the molecule is CC12CCC3C(=O)OC(c4ccoc4)CC3(C)C1C(=O)C(OC(=O)c1ccc([N+](=O)[O-])cc1)=CC2C(=O)O. The molecule has 0 amide bonds. The Balaban J connectivity index is 1.52. The van der Waals surface area contributed by atoms with Gasteiger partial charge in [-0.3, -0.25) is 24.5 Å². The van der Waals surface area contributed by atoms with Crippen molar-refractivity contribution in [2.24, 2.45) is 28.6 Å². The fourth-order valence-corrected chi connectivity index (χ4v) is 6.65. The molecule has 1 aromatic carbocycles. The van der Waals surface area contributed by atoms with Crippen molar-refractivity contribution in [2.75, 3.05) is 0 Å². The van der Waals surface area contributed by atoms with Crippen LogP contribution >= 0.6 is 0 Å². The third-order valence-corrected chi connectivity index (χ3v) is 8.49. The number of non-ortho nitro benzene ring substituents is 1. The van der Waals surface area contributed by atoms with Gasteiger partial charge >= 0.3 is 17.9 Å². The van der Waals surface area contributed by atoms with Crippen molar-refractivity contribution in [3.05, 3.63) is 75.9 Å². The zero-order chi connectivity index (χ0) is 27.4. The second kappa shape index (κ2) is 8.93. The molecular formula is C27H25NO10. The van der Waals surface area contributed by atoms with Crippen LogP contribution in [0.25, 0.3) is 0 Å². The number of ketones is 1. The van der Waals surface area contributed by atoms with E-state index in [0.717, 1.165) is 12.1 Å². The van der Waals surface area contributed by atoms with Gasteiger partial charge < -0.3 is 19.0 Å². The van der Waals surface area contributed by atoms with Gasteiger partial charge in [-0.1, -0.05) is 13.8 Å². The fourth-order valence-electron chi connectivity index (χ4n) is 6.65. The minimum absolute atomic E-state index is 0.0430. The summed E-state index contributed by atoms with van der Waals surface area (Å²) in [6, 6.07) is 6.31. The van der Waals surface area contributed by atoms with Crippen molar-refractivity contribution in [1.29, 1.82) is 0 Å². The van der Waals surface area contributed by atoms with Gasteiger partial charge in [-0.05, 0) is 54.4 Å². The highest BCUT2D eigenvalue weighted by Gasteiger charge is 2.66. The molecular weight excluding hydrogens is 498 g/mol. The van der Waals surface area contributed by atoms with Crippen LogP contribution in [0, 0.1) is 38.7 Å². The van der Waals surface area contributed by atoms with E-state index in [1.54, 1.807) is 19.9 Å². The molecule has 0 spiro atoms. The fraction of sp³-hybridized carbons (Fsp3) is 0.407. The molecule has 2 aliphatic carbocycles. The number of cyclic esters (lactones) is 1. The van der Waals surface area contributed by atoms with Crippen molar-refractivity contribution in [3.63, 3.8) is 0 Å². The van der Waals surface area contributed by atoms with E-state index in [4.69, 9.17) is 13.9 Å². The van der Waals surface area contributed by atoms with Crippen molar-refractivity contribution >= 4 is 29.4 Å². The summed E-state index contributed by atoms with van der Waals surface area (Å²) in [4.78, 5) is 62.7. The maximum atomic E-state index is 14.0. The van der Waals surface area contributed by atoms with E-state index in [0.29, 0.717) is 12.0 Å². The van der Waals surface area contributed by atoms with Crippen LogP contribution in [-0.2, 0) is 23.9 Å². The Kier molecular flexibility index (Phi) is 5.96. The molecule has 5 rings (SSSR count). The number of furan rings is 1. The highest BCUT2D eigenvalue weighted by atomic mass is 16.6. The maximum Gasteiger partial charge on any atom is 0.343 e. The molecule has 38 heavy (non-hydrogen) atoms. The molecule has 1 N–H and O–H groups in total. The summed E-state index contributed by atoms with van der Waals surface area (Å²) in [5.41, 5.74) is -1.68. The molecule has 1 aromatic heterocycles. The van der Waals surface area contributed by atoms with Gasteiger partial charge in [0, 0.05) is 23.6 Å². The number of fused-ring (bicyclic) bond motifs is 3. The number of carbonyl (C=O) groups is 4. The van der Waals surface area contributed by atoms with Gasteiger partial charge in [0.05, 0.1) is 34.8 Å². The predicted molar refractivity (Wildman–Crippen MR) is 127 cm³/mol. The molecule has 1 saturated heterocycles. The van der Waals surface area contributed by atoms with E-state index in [2.05, 4.69) is 0 Å². The molecule has 1 aliphatic heterocycles. The molecule has 6 atom stereocenters. The number of aliphatic carboxylic acids is 1. The Bertz CT molecular complexity index is 1360. The average molecular weight is 523 g/mol. The number of carboxylic acids is 1. The Morgan fingerprint density at radius 3 is 2.45 bits per heavy atom. The number of carbonyl (C=O) groups excluding carboxylic acids is 3. The molecule has 1 saturated carbocycles. The summed E-state index contributed by atoms with van der Waals surface area (Å²) in [5, 5.41) is 21.1. The van der Waals surface area contributed by atoms with Crippen LogP contribution in [0.4, 0.5) is 5.69 Å². The zero-order valence-corrected chi connectivity index (χ0v) is 20.6. The lowest BCUT2D eigenvalue weighted by Crippen LogP contribution is -2.61. The predicted octanol–water partition coefficient (Wildman–Crippen LogP) is 4.24. The number of nitrogens with zero attached hydrogens (tertiary/aromatic N) is 1. The first kappa shape index (κ1) is 25.4. The van der Waals surface area contributed by atoms with E-state index in [9.17, 15) is 34.4 Å². The van der Waals surface area contributed by atoms with Gasteiger partial charge in [-0.25, -0.2) is 4.79 Å². The number of nitro groups is 1. The van der Waals surface area contributed by atoms with Crippen LogP contribution in [-0.4, -0.2) is 33.7 Å². The van der Waals surface area contributed by atoms with E-state index in [1.165, 1.54) is 30.7 Å². The lowest BCUT2D eigenvalue weighted by Gasteiger charge is -2.59. The third-order valence-electron chi connectivity index (χ3n) is 8.49. The van der Waals surface area contributed by atoms with Crippen LogP contribution in [0.5, 0.6) is 0 Å². The number of carboxylic acid groups (broad SMARTS) is 1. The van der Waals surface area contributed by atoms with Crippen molar-refractivity contribution in [2.45, 2.75) is 39.2 Å². The first-order chi connectivity index (χ1) is 18.0. The Morgan fingerprint density at radius 2 is 1.84 bits per heavy atom. The molecule has 0 bridgehead atoms. The molecule has 2 heterocycles. The number of benzene rings is 1. The smallest absolute Gasteiger partial charge is 0.343 e. The molecule has 11 heteroatoms. The zero-order valence-electron chi connectivity index (χ0n) is 20.6. The van der Waals surface area contributed by atoms with E-state index < -0.39 is 69.1 Å². The van der Waals surface area contributed by atoms with E-state index in [-0.39, 0.29) is 24.1 Å². The van der Waals surface area contributed by atoms with Crippen molar-refractivity contribution in [1.82, 2.24) is 0 Å². The van der Waals surface area contributed by atoms with Crippen molar-refractivity contribution in [3.8, 4) is 0 Å². The number of esters is 2. The first-order valence-corrected chi connectivity index (χ1v) is 12.1. The Hall–Kier alpha value is -4.28. The second-order valence-electron chi connectivity index (χ2n) is 10.6. The molecule has 3 aliphatic rings. The van der Waals surface area contributed by atoms with Gasteiger partial charge in [-0.15, -0.1) is 0 Å². The van der Waals surface area contributed by atoms with E-state index in [1.807, 2.05) is 0 Å². The number of rotatable bonds is 5. The van der Waals surface area contributed by atoms with Crippen LogP contribution in [0.1, 0.15) is 55.1 Å². The lowest BCUT2D eigenvalue weighted by molar-refractivity contribution is -0.384. The van der Waals surface area contributed by atoms with Gasteiger partial charge in [-0.2, -0.15) is 0 Å². The maximum absolute atomic E-state index is 14.0. The average Bonchev–Trinajstić information content (AvgIpc) is 3.40. The van der Waals surface area contributed by atoms with Crippen LogP contribution in [0.15, 0.2) is 59.1 Å². The third kappa shape index (κ3) is 3.89. The lowest BCUT2D eigenvalue weighted by atomic mass is 9.44. The van der Waals surface area contributed by atoms with Gasteiger partial charge in [0.2, 0.25) is 5.78 Å². The second-order valence-corrected chi connectivity index (χ2v) is 10.6. The minimum atomic E-state index is -1.18. The summed E-state index contributed by atoms with van der Waals surface area (Å²) in [5.74, 6) is -6.34. The number of allylic oxidation sites excluding steroid dienone is 1. The number of hydrogen-bond acceptors (Lipinski definition) is 9. The number of Topliss-reactive ketones (excluding diaryl/α,β-unsaturated/α-hetero) is 1. The quantitative estimate of drug-likeness (QED) is 0.340. The first-order valence-electron chi connectivity index (χ1n) is 12.1. The number of ether oxygens (including phenoxy) is 2. The van der Waals surface area contributed by atoms with Crippen LogP contribution < -0.4 is 0 Å². The highest BCUT2D eigenvalue weighted by Crippen LogP contribution is 2.64. The van der Waals surface area contributed by atoms with Gasteiger partial charge in [0.15, 0.2) is 5.76 Å². The summed E-state index contributed by atoms with van der Waals surface area (Å²) in [7, 11) is 0.